The molecule has 5 nitrogen and oxygen atoms in total. The van der Waals surface area contributed by atoms with E-state index in [1.165, 1.54) is 11.1 Å². The maximum Gasteiger partial charge on any atom is 0.248 e. The largest absolute Gasteiger partial charge is 0.496 e. The number of fused-ring (bicyclic) bond motifs is 2. The number of aryl methyl sites for hydroxylation is 4. The highest BCUT2D eigenvalue weighted by Crippen LogP contribution is 2.41. The van der Waals surface area contributed by atoms with Gasteiger partial charge in [0, 0.05) is 33.8 Å². The summed E-state index contributed by atoms with van der Waals surface area (Å²) in [6.07, 6.45) is 3.41. The lowest BCUT2D eigenvalue weighted by Crippen LogP contribution is -2.08. The summed E-state index contributed by atoms with van der Waals surface area (Å²) in [5.41, 5.74) is 9.50. The highest BCUT2D eigenvalue weighted by Gasteiger charge is 2.19. The number of furan rings is 1. The molecule has 0 radical (unpaired) electrons. The number of aromatic nitrogens is 1. The van der Waals surface area contributed by atoms with Crippen molar-refractivity contribution in [2.24, 2.45) is 0 Å². The summed E-state index contributed by atoms with van der Waals surface area (Å²) in [4.78, 5) is 17.5. The van der Waals surface area contributed by atoms with Crippen molar-refractivity contribution in [1.82, 2.24) is 4.98 Å². The number of anilines is 1. The fraction of sp³-hybridized carbons (Fsp3) is 0.200. The SMILES string of the molecule is COc1c(/C(C)=C/C(=O)Nc2ccc3sc(C)nc3c2)cc2c(-c3ccc(C)cc3C)coc2c1C. The smallest absolute Gasteiger partial charge is 0.248 e. The standard InChI is InChI=1S/C30H28N2O3S/c1-16-7-9-22(17(2)11-16)25-15-35-30-19(4)29(34-6)23(14-24(25)30)18(3)12-28(33)32-21-8-10-27-26(13-21)31-20(5)36-27/h7-15H,1-6H3,(H,32,33)/b18-12+. The summed E-state index contributed by atoms with van der Waals surface area (Å²) >= 11 is 1.64. The highest BCUT2D eigenvalue weighted by molar-refractivity contribution is 7.18. The van der Waals surface area contributed by atoms with Crippen molar-refractivity contribution in [2.45, 2.75) is 34.6 Å². The van der Waals surface area contributed by atoms with E-state index in [1.807, 2.05) is 39.0 Å². The number of carbonyl (C=O) groups excluding carboxylic acids is 1. The molecule has 0 aliphatic carbocycles. The van der Waals surface area contributed by atoms with Gasteiger partial charge in [-0.25, -0.2) is 4.98 Å². The van der Waals surface area contributed by atoms with Gasteiger partial charge in [0.15, 0.2) is 0 Å². The molecule has 0 saturated heterocycles. The summed E-state index contributed by atoms with van der Waals surface area (Å²) in [5, 5.41) is 4.96. The Morgan fingerprint density at radius 1 is 1.06 bits per heavy atom. The Labute approximate surface area is 214 Å². The van der Waals surface area contributed by atoms with Gasteiger partial charge in [-0.1, -0.05) is 23.8 Å². The van der Waals surface area contributed by atoms with Crippen LogP contribution in [0.2, 0.25) is 0 Å². The van der Waals surface area contributed by atoms with Crippen LogP contribution in [-0.4, -0.2) is 18.0 Å². The van der Waals surface area contributed by atoms with E-state index in [4.69, 9.17) is 9.15 Å². The first-order valence-electron chi connectivity index (χ1n) is 11.8. The van der Waals surface area contributed by atoms with Crippen LogP contribution in [0.25, 0.3) is 37.9 Å². The minimum atomic E-state index is -0.208. The van der Waals surface area contributed by atoms with Gasteiger partial charge in [0.25, 0.3) is 0 Å². The van der Waals surface area contributed by atoms with Gasteiger partial charge in [-0.15, -0.1) is 11.3 Å². The molecule has 3 aromatic carbocycles. The molecule has 0 saturated carbocycles. The Morgan fingerprint density at radius 2 is 1.86 bits per heavy atom. The van der Waals surface area contributed by atoms with E-state index >= 15 is 0 Å². The third-order valence-electron chi connectivity index (χ3n) is 6.45. The lowest BCUT2D eigenvalue weighted by molar-refractivity contribution is -0.111. The van der Waals surface area contributed by atoms with Crippen LogP contribution in [0.4, 0.5) is 5.69 Å². The maximum absolute atomic E-state index is 12.9. The van der Waals surface area contributed by atoms with Gasteiger partial charge in [0.2, 0.25) is 5.91 Å². The number of nitrogens with zero attached hydrogens (tertiary/aromatic N) is 1. The van der Waals surface area contributed by atoms with Crippen LogP contribution in [0.5, 0.6) is 5.75 Å². The Balaban J connectivity index is 1.53. The van der Waals surface area contributed by atoms with Crippen LogP contribution in [0.1, 0.15) is 34.2 Å². The summed E-state index contributed by atoms with van der Waals surface area (Å²) in [6.45, 7) is 10.1. The van der Waals surface area contributed by atoms with Crippen LogP contribution in [0.15, 0.2) is 59.2 Å². The molecule has 0 aliphatic heterocycles. The number of benzene rings is 3. The second-order valence-corrected chi connectivity index (χ2v) is 10.4. The number of ether oxygens (including phenoxy) is 1. The quantitative estimate of drug-likeness (QED) is 0.250. The number of hydrogen-bond acceptors (Lipinski definition) is 5. The molecule has 0 bridgehead atoms. The average Bonchev–Trinajstić information content (AvgIpc) is 3.41. The number of rotatable bonds is 5. The second-order valence-electron chi connectivity index (χ2n) is 9.16. The molecule has 5 rings (SSSR count). The topological polar surface area (TPSA) is 64.4 Å². The minimum absolute atomic E-state index is 0.208. The minimum Gasteiger partial charge on any atom is -0.496 e. The van der Waals surface area contributed by atoms with Crippen molar-refractivity contribution in [3.05, 3.63) is 82.1 Å². The molecule has 5 aromatic rings. The number of allylic oxidation sites excluding steroid dienone is 1. The molecule has 2 aromatic heterocycles. The van der Waals surface area contributed by atoms with Crippen molar-refractivity contribution in [3.63, 3.8) is 0 Å². The van der Waals surface area contributed by atoms with Crippen LogP contribution in [0, 0.1) is 27.7 Å². The lowest BCUT2D eigenvalue weighted by Gasteiger charge is -2.14. The zero-order valence-electron chi connectivity index (χ0n) is 21.3. The van der Waals surface area contributed by atoms with Gasteiger partial charge in [-0.05, 0) is 75.6 Å². The van der Waals surface area contributed by atoms with Gasteiger partial charge in [0.05, 0.1) is 28.6 Å². The van der Waals surface area contributed by atoms with Gasteiger partial charge in [-0.2, -0.15) is 0 Å². The highest BCUT2D eigenvalue weighted by atomic mass is 32.1. The van der Waals surface area contributed by atoms with E-state index in [0.29, 0.717) is 11.4 Å². The molecule has 36 heavy (non-hydrogen) atoms. The van der Waals surface area contributed by atoms with E-state index in [-0.39, 0.29) is 5.91 Å². The van der Waals surface area contributed by atoms with Gasteiger partial charge < -0.3 is 14.5 Å². The van der Waals surface area contributed by atoms with Gasteiger partial charge in [-0.3, -0.25) is 4.79 Å². The van der Waals surface area contributed by atoms with Crippen molar-refractivity contribution >= 4 is 49.7 Å². The van der Waals surface area contributed by atoms with Crippen LogP contribution in [0.3, 0.4) is 0 Å². The Bertz CT molecular complexity index is 1670. The molecule has 182 valence electrons. The Kier molecular flexibility index (Phi) is 6.14. The van der Waals surface area contributed by atoms with Crippen molar-refractivity contribution in [3.8, 4) is 16.9 Å². The lowest BCUT2D eigenvalue weighted by atomic mass is 9.94. The third kappa shape index (κ3) is 4.29. The molecule has 0 aliphatic rings. The van der Waals surface area contributed by atoms with E-state index in [2.05, 4.69) is 48.4 Å². The summed E-state index contributed by atoms with van der Waals surface area (Å²) < 4.78 is 12.9. The molecule has 0 spiro atoms. The summed E-state index contributed by atoms with van der Waals surface area (Å²) in [6, 6.07) is 14.3. The molecule has 0 fully saturated rings. The fourth-order valence-electron chi connectivity index (χ4n) is 4.77. The number of amides is 1. The van der Waals surface area contributed by atoms with Crippen LogP contribution in [-0.2, 0) is 4.79 Å². The first-order valence-corrected chi connectivity index (χ1v) is 12.6. The molecular weight excluding hydrogens is 468 g/mol. The molecule has 2 heterocycles. The number of thiazole rings is 1. The number of hydrogen-bond donors (Lipinski definition) is 1. The average molecular weight is 497 g/mol. The van der Waals surface area contributed by atoms with Crippen molar-refractivity contribution in [2.75, 3.05) is 12.4 Å². The molecule has 0 unspecified atom stereocenters. The summed E-state index contributed by atoms with van der Waals surface area (Å²) in [5.74, 6) is 0.491. The van der Waals surface area contributed by atoms with E-state index < -0.39 is 0 Å². The molecule has 1 amide bonds. The van der Waals surface area contributed by atoms with E-state index in [0.717, 1.165) is 54.0 Å². The first-order chi connectivity index (χ1) is 17.2. The molecular formula is C30H28N2O3S. The predicted molar refractivity (Wildman–Crippen MR) is 149 cm³/mol. The third-order valence-corrected chi connectivity index (χ3v) is 7.41. The van der Waals surface area contributed by atoms with E-state index in [9.17, 15) is 4.79 Å². The zero-order chi connectivity index (χ0) is 25.6. The second kappa shape index (κ2) is 9.28. The molecule has 1 N–H and O–H groups in total. The monoisotopic (exact) mass is 496 g/mol. The normalized spacial score (nSPS) is 11.9. The fourth-order valence-corrected chi connectivity index (χ4v) is 5.58. The Morgan fingerprint density at radius 3 is 2.61 bits per heavy atom. The van der Waals surface area contributed by atoms with Crippen LogP contribution >= 0.6 is 11.3 Å². The molecule has 6 heteroatoms. The number of methoxy groups -OCH3 is 1. The maximum atomic E-state index is 12.9. The Hall–Kier alpha value is -3.90. The van der Waals surface area contributed by atoms with Crippen molar-refractivity contribution < 1.29 is 13.9 Å². The number of nitrogens with one attached hydrogen (secondary N) is 1. The first kappa shape index (κ1) is 23.8. The zero-order valence-corrected chi connectivity index (χ0v) is 22.1. The van der Waals surface area contributed by atoms with Gasteiger partial charge >= 0.3 is 0 Å². The van der Waals surface area contributed by atoms with E-state index in [1.54, 1.807) is 30.8 Å². The summed E-state index contributed by atoms with van der Waals surface area (Å²) in [7, 11) is 1.64. The number of carbonyl (C=O) groups is 1. The van der Waals surface area contributed by atoms with Crippen molar-refractivity contribution in [1.29, 1.82) is 0 Å². The van der Waals surface area contributed by atoms with Crippen LogP contribution < -0.4 is 10.1 Å². The molecule has 0 atom stereocenters. The predicted octanol–water partition coefficient (Wildman–Crippen LogP) is 7.99. The van der Waals surface area contributed by atoms with Gasteiger partial charge in [0.1, 0.15) is 11.3 Å².